The van der Waals surface area contributed by atoms with E-state index in [1.165, 1.54) is 11.3 Å². The standard InChI is InChI=1S/C31H27ClN2O5S/c1-4-38-30(36)27-19(2)33-31-34(28(27)22-13-7-10-16-25(22)37-3)29(35)26(40-31)17-20-11-6-9-15-24(20)39-18-21-12-5-8-14-23(21)32/h5-17,28H,4,18H2,1-3H3/b26-17+/t28-/m0/s1. The number of methoxy groups -OCH3 is 1. The molecule has 0 saturated carbocycles. The lowest BCUT2D eigenvalue weighted by molar-refractivity contribution is -0.139. The summed E-state index contributed by atoms with van der Waals surface area (Å²) in [6.07, 6.45) is 1.79. The van der Waals surface area contributed by atoms with Crippen LogP contribution in [0, 0.1) is 0 Å². The third-order valence-corrected chi connectivity index (χ3v) is 7.85. The number of esters is 1. The van der Waals surface area contributed by atoms with Crippen molar-refractivity contribution < 1.29 is 19.0 Å². The van der Waals surface area contributed by atoms with Gasteiger partial charge in [0.25, 0.3) is 5.56 Å². The monoisotopic (exact) mass is 574 g/mol. The molecule has 0 fully saturated rings. The largest absolute Gasteiger partial charge is 0.496 e. The first kappa shape index (κ1) is 27.4. The minimum atomic E-state index is -0.764. The summed E-state index contributed by atoms with van der Waals surface area (Å²) in [4.78, 5) is 32.2. The van der Waals surface area contributed by atoms with Gasteiger partial charge in [-0.2, -0.15) is 0 Å². The van der Waals surface area contributed by atoms with Crippen molar-refractivity contribution in [3.8, 4) is 11.5 Å². The molecule has 2 heterocycles. The van der Waals surface area contributed by atoms with Gasteiger partial charge in [-0.25, -0.2) is 9.79 Å². The summed E-state index contributed by atoms with van der Waals surface area (Å²) in [6, 6.07) is 21.5. The number of carbonyl (C=O) groups excluding carboxylic acids is 1. The first-order valence-electron chi connectivity index (χ1n) is 12.7. The van der Waals surface area contributed by atoms with Crippen molar-refractivity contribution >= 4 is 35.0 Å². The van der Waals surface area contributed by atoms with Crippen LogP contribution in [-0.2, 0) is 16.1 Å². The van der Waals surface area contributed by atoms with Gasteiger partial charge in [-0.05, 0) is 38.1 Å². The highest BCUT2D eigenvalue weighted by molar-refractivity contribution is 7.07. The van der Waals surface area contributed by atoms with Crippen molar-refractivity contribution in [3.05, 3.63) is 125 Å². The van der Waals surface area contributed by atoms with E-state index in [1.54, 1.807) is 37.7 Å². The maximum atomic E-state index is 14.0. The average Bonchev–Trinajstić information content (AvgIpc) is 3.26. The molecule has 0 amide bonds. The zero-order valence-electron chi connectivity index (χ0n) is 22.2. The number of allylic oxidation sites excluding steroid dienone is 1. The number of nitrogens with zero attached hydrogens (tertiary/aromatic N) is 2. The minimum Gasteiger partial charge on any atom is -0.496 e. The van der Waals surface area contributed by atoms with Gasteiger partial charge in [-0.15, -0.1) is 0 Å². The predicted molar refractivity (Wildman–Crippen MR) is 156 cm³/mol. The van der Waals surface area contributed by atoms with Gasteiger partial charge in [0.15, 0.2) is 4.80 Å². The van der Waals surface area contributed by atoms with Crippen LogP contribution < -0.4 is 24.4 Å². The maximum Gasteiger partial charge on any atom is 0.338 e. The molecule has 0 bridgehead atoms. The fraction of sp³-hybridized carbons (Fsp3) is 0.194. The number of ether oxygens (including phenoxy) is 3. The zero-order valence-corrected chi connectivity index (χ0v) is 23.8. The molecule has 0 unspecified atom stereocenters. The summed E-state index contributed by atoms with van der Waals surface area (Å²) in [5, 5.41) is 0.623. The van der Waals surface area contributed by atoms with Crippen LogP contribution in [0.4, 0.5) is 0 Å². The molecular formula is C31H27ClN2O5S. The van der Waals surface area contributed by atoms with Gasteiger partial charge < -0.3 is 14.2 Å². The fourth-order valence-electron chi connectivity index (χ4n) is 4.62. The molecular weight excluding hydrogens is 548 g/mol. The summed E-state index contributed by atoms with van der Waals surface area (Å²) in [5.74, 6) is 0.641. The smallest absolute Gasteiger partial charge is 0.338 e. The molecule has 0 aliphatic carbocycles. The number of rotatable bonds is 8. The van der Waals surface area contributed by atoms with Crippen molar-refractivity contribution in [3.63, 3.8) is 0 Å². The summed E-state index contributed by atoms with van der Waals surface area (Å²) in [6.45, 7) is 3.97. The molecule has 9 heteroatoms. The molecule has 1 aliphatic rings. The number of thiazole rings is 1. The highest BCUT2D eigenvalue weighted by atomic mass is 35.5. The molecule has 7 nitrogen and oxygen atoms in total. The minimum absolute atomic E-state index is 0.198. The zero-order chi connectivity index (χ0) is 28.2. The number of aromatic nitrogens is 1. The number of fused-ring (bicyclic) bond motifs is 1. The second kappa shape index (κ2) is 11.9. The number of hydrogen-bond donors (Lipinski definition) is 0. The Balaban J connectivity index is 1.63. The summed E-state index contributed by atoms with van der Waals surface area (Å²) in [7, 11) is 1.56. The van der Waals surface area contributed by atoms with Crippen LogP contribution in [0.1, 0.15) is 36.6 Å². The molecule has 3 aromatic carbocycles. The van der Waals surface area contributed by atoms with Crippen molar-refractivity contribution in [1.82, 2.24) is 4.57 Å². The van der Waals surface area contributed by atoms with Crippen LogP contribution in [-0.4, -0.2) is 24.3 Å². The molecule has 1 aliphatic heterocycles. The summed E-state index contributed by atoms with van der Waals surface area (Å²) in [5.41, 5.74) is 2.76. The van der Waals surface area contributed by atoms with Gasteiger partial charge in [0, 0.05) is 21.7 Å². The third kappa shape index (κ3) is 5.33. The Labute approximate surface area is 240 Å². The third-order valence-electron chi connectivity index (χ3n) is 6.50. The van der Waals surface area contributed by atoms with E-state index >= 15 is 0 Å². The van der Waals surface area contributed by atoms with Crippen molar-refractivity contribution in [1.29, 1.82) is 0 Å². The highest BCUT2D eigenvalue weighted by Gasteiger charge is 2.35. The van der Waals surface area contributed by atoms with E-state index in [2.05, 4.69) is 4.99 Å². The second-order valence-electron chi connectivity index (χ2n) is 8.96. The van der Waals surface area contributed by atoms with Crippen LogP contribution >= 0.6 is 22.9 Å². The van der Waals surface area contributed by atoms with E-state index in [9.17, 15) is 9.59 Å². The van der Waals surface area contributed by atoms with E-state index in [0.717, 1.165) is 11.1 Å². The predicted octanol–water partition coefficient (Wildman–Crippen LogP) is 5.04. The van der Waals surface area contributed by atoms with Crippen molar-refractivity contribution in [2.24, 2.45) is 4.99 Å². The molecule has 0 saturated heterocycles. The Bertz CT molecular complexity index is 1790. The summed E-state index contributed by atoms with van der Waals surface area (Å²) >= 11 is 7.55. The highest BCUT2D eigenvalue weighted by Crippen LogP contribution is 2.35. The van der Waals surface area contributed by atoms with Gasteiger partial charge in [0.2, 0.25) is 0 Å². The molecule has 5 rings (SSSR count). The Morgan fingerprint density at radius 1 is 1.05 bits per heavy atom. The Kier molecular flexibility index (Phi) is 8.19. The van der Waals surface area contributed by atoms with Crippen molar-refractivity contribution in [2.75, 3.05) is 13.7 Å². The quantitative estimate of drug-likeness (QED) is 0.276. The number of carbonyl (C=O) groups is 1. The molecule has 204 valence electrons. The Morgan fingerprint density at radius 3 is 2.50 bits per heavy atom. The normalized spacial score (nSPS) is 14.9. The molecule has 1 aromatic heterocycles. The van der Waals surface area contributed by atoms with Crippen LogP contribution in [0.2, 0.25) is 5.02 Å². The van der Waals surface area contributed by atoms with E-state index < -0.39 is 12.0 Å². The first-order chi connectivity index (χ1) is 19.4. The maximum absolute atomic E-state index is 14.0. The topological polar surface area (TPSA) is 79.1 Å². The first-order valence-corrected chi connectivity index (χ1v) is 13.9. The lowest BCUT2D eigenvalue weighted by Crippen LogP contribution is -2.40. The van der Waals surface area contributed by atoms with Gasteiger partial charge >= 0.3 is 5.97 Å². The Hall–Kier alpha value is -4.14. The number of halogens is 1. The molecule has 0 N–H and O–H groups in total. The van der Waals surface area contributed by atoms with Gasteiger partial charge in [-0.3, -0.25) is 9.36 Å². The number of benzene rings is 3. The Morgan fingerprint density at radius 2 is 1.75 bits per heavy atom. The van der Waals surface area contributed by atoms with Gasteiger partial charge in [0.1, 0.15) is 24.1 Å². The molecule has 0 spiro atoms. The van der Waals surface area contributed by atoms with E-state index in [4.69, 9.17) is 25.8 Å². The van der Waals surface area contributed by atoms with E-state index in [0.29, 0.717) is 42.7 Å². The van der Waals surface area contributed by atoms with Crippen LogP contribution in [0.3, 0.4) is 0 Å². The molecule has 4 aromatic rings. The van der Waals surface area contributed by atoms with E-state index in [1.807, 2.05) is 66.7 Å². The van der Waals surface area contributed by atoms with Crippen LogP contribution in [0.25, 0.3) is 6.08 Å². The van der Waals surface area contributed by atoms with Gasteiger partial charge in [0.05, 0.1) is 29.5 Å². The second-order valence-corrected chi connectivity index (χ2v) is 10.4. The number of para-hydroxylation sites is 2. The lowest BCUT2D eigenvalue weighted by Gasteiger charge is -2.25. The summed E-state index contributed by atoms with van der Waals surface area (Å²) < 4.78 is 19.1. The molecule has 1 atom stereocenters. The molecule has 40 heavy (non-hydrogen) atoms. The number of hydrogen-bond acceptors (Lipinski definition) is 7. The van der Waals surface area contributed by atoms with Crippen LogP contribution in [0.5, 0.6) is 11.5 Å². The van der Waals surface area contributed by atoms with Gasteiger partial charge in [-0.1, -0.05) is 77.5 Å². The SMILES string of the molecule is CCOC(=O)C1=C(C)N=c2s/c(=C/c3ccccc3OCc3ccccc3Cl)c(=O)n2[C@H]1c1ccccc1OC. The average molecular weight is 575 g/mol. The molecule has 0 radical (unpaired) electrons. The van der Waals surface area contributed by atoms with E-state index in [-0.39, 0.29) is 18.8 Å². The lowest BCUT2D eigenvalue weighted by atomic mass is 9.95. The fourth-order valence-corrected chi connectivity index (χ4v) is 5.85. The van der Waals surface area contributed by atoms with Crippen LogP contribution in [0.15, 0.2) is 93.9 Å². The van der Waals surface area contributed by atoms with Crippen molar-refractivity contribution in [2.45, 2.75) is 26.5 Å².